The molecule has 0 bridgehead atoms. The van der Waals surface area contributed by atoms with Crippen molar-refractivity contribution in [1.82, 2.24) is 0 Å². The summed E-state index contributed by atoms with van der Waals surface area (Å²) in [5.74, 6) is 0.863. The molecule has 4 nitrogen and oxygen atoms in total. The Labute approximate surface area is 108 Å². The first-order chi connectivity index (χ1) is 8.41. The third-order valence-corrected chi connectivity index (χ3v) is 4.04. The van der Waals surface area contributed by atoms with E-state index in [9.17, 15) is 0 Å². The van der Waals surface area contributed by atoms with Crippen LogP contribution in [0, 0.1) is 0 Å². The fourth-order valence-electron chi connectivity index (χ4n) is 2.21. The minimum atomic E-state index is -0.348. The van der Waals surface area contributed by atoms with Crippen molar-refractivity contribution >= 4 is 18.3 Å². The van der Waals surface area contributed by atoms with Gasteiger partial charge in [0.2, 0.25) is 0 Å². The average Bonchev–Trinajstić information content (AvgIpc) is 2.81. The molecule has 2 aliphatic rings. The fourth-order valence-corrected chi connectivity index (χ4v) is 2.21. The molecule has 18 heavy (non-hydrogen) atoms. The molecule has 1 aromatic rings. The molecule has 3 rings (SSSR count). The minimum absolute atomic E-state index is 0.320. The van der Waals surface area contributed by atoms with Crippen molar-refractivity contribution in [1.29, 1.82) is 0 Å². The SMILES string of the molecule is CC1(C)OB(c2cccc3c2NCO3)OC1(C)C. The zero-order valence-corrected chi connectivity index (χ0v) is 11.2. The van der Waals surface area contributed by atoms with E-state index in [1.165, 1.54) is 0 Å². The van der Waals surface area contributed by atoms with Gasteiger partial charge in [0.05, 0.1) is 16.9 Å². The second-order valence-electron chi connectivity index (χ2n) is 5.77. The molecule has 1 fully saturated rings. The van der Waals surface area contributed by atoms with Crippen LogP contribution >= 0.6 is 0 Å². The Morgan fingerprint density at radius 2 is 1.78 bits per heavy atom. The molecular formula is C13H18BNO3. The Bertz CT molecular complexity index is 471. The largest absolute Gasteiger partial charge is 0.497 e. The van der Waals surface area contributed by atoms with Crippen molar-refractivity contribution in [2.45, 2.75) is 38.9 Å². The maximum atomic E-state index is 6.06. The quantitative estimate of drug-likeness (QED) is 0.767. The molecular weight excluding hydrogens is 229 g/mol. The average molecular weight is 247 g/mol. The summed E-state index contributed by atoms with van der Waals surface area (Å²) in [6, 6.07) is 5.93. The Hall–Kier alpha value is -1.20. The molecule has 0 aromatic heterocycles. The van der Waals surface area contributed by atoms with Crippen molar-refractivity contribution in [3.8, 4) is 5.75 Å². The van der Waals surface area contributed by atoms with Gasteiger partial charge < -0.3 is 19.4 Å². The van der Waals surface area contributed by atoms with Crippen LogP contribution in [0.15, 0.2) is 18.2 Å². The molecule has 0 amide bonds. The monoisotopic (exact) mass is 247 g/mol. The Kier molecular flexibility index (Phi) is 2.41. The molecule has 0 spiro atoms. The van der Waals surface area contributed by atoms with Gasteiger partial charge in [-0.25, -0.2) is 0 Å². The highest BCUT2D eigenvalue weighted by Crippen LogP contribution is 2.38. The maximum absolute atomic E-state index is 6.06. The molecule has 0 unspecified atom stereocenters. The number of hydrogen-bond donors (Lipinski definition) is 1. The van der Waals surface area contributed by atoms with Crippen LogP contribution in [0.3, 0.4) is 0 Å². The number of anilines is 1. The predicted molar refractivity (Wildman–Crippen MR) is 71.3 cm³/mol. The molecule has 0 atom stereocenters. The normalized spacial score (nSPS) is 23.4. The van der Waals surface area contributed by atoms with Gasteiger partial charge in [0.25, 0.3) is 0 Å². The molecule has 2 heterocycles. The van der Waals surface area contributed by atoms with Crippen molar-refractivity contribution in [2.24, 2.45) is 0 Å². The summed E-state index contributed by atoms with van der Waals surface area (Å²) in [6.07, 6.45) is 0. The number of fused-ring (bicyclic) bond motifs is 1. The van der Waals surface area contributed by atoms with E-state index in [1.807, 2.05) is 18.2 Å². The maximum Gasteiger partial charge on any atom is 0.497 e. The topological polar surface area (TPSA) is 39.7 Å². The lowest BCUT2D eigenvalue weighted by Crippen LogP contribution is -2.41. The first-order valence-corrected chi connectivity index (χ1v) is 6.26. The second kappa shape index (κ2) is 3.65. The van der Waals surface area contributed by atoms with Crippen molar-refractivity contribution in [3.05, 3.63) is 18.2 Å². The summed E-state index contributed by atoms with van der Waals surface area (Å²) in [5, 5.41) is 3.22. The van der Waals surface area contributed by atoms with Crippen molar-refractivity contribution in [3.63, 3.8) is 0 Å². The first kappa shape index (κ1) is 11.9. The van der Waals surface area contributed by atoms with Gasteiger partial charge >= 0.3 is 7.12 Å². The van der Waals surface area contributed by atoms with E-state index >= 15 is 0 Å². The van der Waals surface area contributed by atoms with Crippen LogP contribution in [0.1, 0.15) is 27.7 Å². The summed E-state index contributed by atoms with van der Waals surface area (Å²) in [5.41, 5.74) is 1.35. The molecule has 96 valence electrons. The van der Waals surface area contributed by atoms with E-state index in [0.717, 1.165) is 16.9 Å². The Morgan fingerprint density at radius 3 is 2.44 bits per heavy atom. The van der Waals surface area contributed by atoms with Crippen LogP contribution in [0.5, 0.6) is 5.75 Å². The van der Waals surface area contributed by atoms with E-state index in [2.05, 4.69) is 33.0 Å². The molecule has 0 radical (unpaired) electrons. The van der Waals surface area contributed by atoms with Gasteiger partial charge in [-0.05, 0) is 33.8 Å². The molecule has 5 heteroatoms. The number of para-hydroxylation sites is 1. The zero-order chi connectivity index (χ0) is 13.0. The highest BCUT2D eigenvalue weighted by molar-refractivity contribution is 6.64. The number of ether oxygens (including phenoxy) is 1. The minimum Gasteiger partial charge on any atom is -0.471 e. The van der Waals surface area contributed by atoms with E-state index in [4.69, 9.17) is 14.0 Å². The summed E-state index contributed by atoms with van der Waals surface area (Å²) in [4.78, 5) is 0. The molecule has 0 aliphatic carbocycles. The number of benzene rings is 1. The lowest BCUT2D eigenvalue weighted by atomic mass is 9.77. The Morgan fingerprint density at radius 1 is 1.11 bits per heavy atom. The Balaban J connectivity index is 1.97. The molecule has 1 N–H and O–H groups in total. The number of nitrogens with one attached hydrogen (secondary N) is 1. The van der Waals surface area contributed by atoms with Crippen molar-refractivity contribution < 1.29 is 14.0 Å². The van der Waals surface area contributed by atoms with Crippen molar-refractivity contribution in [2.75, 3.05) is 12.0 Å². The molecule has 1 aromatic carbocycles. The van der Waals surface area contributed by atoms with Gasteiger partial charge in [0.1, 0.15) is 5.75 Å². The van der Waals surface area contributed by atoms with Crippen LogP contribution in [0.2, 0.25) is 0 Å². The van der Waals surface area contributed by atoms with E-state index in [1.54, 1.807) is 0 Å². The van der Waals surface area contributed by atoms with E-state index in [-0.39, 0.29) is 18.3 Å². The second-order valence-corrected chi connectivity index (χ2v) is 5.77. The zero-order valence-electron chi connectivity index (χ0n) is 11.2. The smallest absolute Gasteiger partial charge is 0.471 e. The van der Waals surface area contributed by atoms with Gasteiger partial charge in [-0.1, -0.05) is 12.1 Å². The molecule has 1 saturated heterocycles. The van der Waals surface area contributed by atoms with Gasteiger partial charge in [0, 0.05) is 5.46 Å². The predicted octanol–water partition coefficient (Wildman–Crippen LogP) is 1.75. The van der Waals surface area contributed by atoms with Crippen LogP contribution in [-0.2, 0) is 9.31 Å². The number of rotatable bonds is 1. The summed E-state index contributed by atoms with van der Waals surface area (Å²) < 4.78 is 17.6. The van der Waals surface area contributed by atoms with Crippen LogP contribution < -0.4 is 15.5 Å². The lowest BCUT2D eigenvalue weighted by Gasteiger charge is -2.32. The molecule has 2 aliphatic heterocycles. The third kappa shape index (κ3) is 1.61. The summed E-state index contributed by atoms with van der Waals surface area (Å²) in [7, 11) is -0.348. The first-order valence-electron chi connectivity index (χ1n) is 6.26. The highest BCUT2D eigenvalue weighted by Gasteiger charge is 2.52. The van der Waals surface area contributed by atoms with Crippen LogP contribution in [0.25, 0.3) is 0 Å². The fraction of sp³-hybridized carbons (Fsp3) is 0.538. The van der Waals surface area contributed by atoms with Crippen LogP contribution in [0.4, 0.5) is 5.69 Å². The summed E-state index contributed by atoms with van der Waals surface area (Å²) in [6.45, 7) is 8.73. The third-order valence-electron chi connectivity index (χ3n) is 4.04. The van der Waals surface area contributed by atoms with Gasteiger partial charge in [-0.2, -0.15) is 0 Å². The van der Waals surface area contributed by atoms with Crippen LogP contribution in [-0.4, -0.2) is 25.1 Å². The van der Waals surface area contributed by atoms with E-state index < -0.39 is 0 Å². The van der Waals surface area contributed by atoms with Gasteiger partial charge in [0.15, 0.2) is 6.73 Å². The lowest BCUT2D eigenvalue weighted by molar-refractivity contribution is 0.00578. The molecule has 0 saturated carbocycles. The van der Waals surface area contributed by atoms with Gasteiger partial charge in [-0.3, -0.25) is 0 Å². The highest BCUT2D eigenvalue weighted by atomic mass is 16.7. The standard InChI is InChI=1S/C13H18BNO3/c1-12(2)13(3,4)18-14(17-12)9-6-5-7-10-11(9)15-8-16-10/h5-7,15H,8H2,1-4H3. The van der Waals surface area contributed by atoms with Gasteiger partial charge in [-0.15, -0.1) is 0 Å². The van der Waals surface area contributed by atoms with E-state index in [0.29, 0.717) is 6.73 Å². The number of hydrogen-bond acceptors (Lipinski definition) is 4. The summed E-state index contributed by atoms with van der Waals surface area (Å²) >= 11 is 0.